The first-order chi connectivity index (χ1) is 8.06. The number of aromatic nitrogens is 3. The standard InChI is InChI=1S/C12H14N4O/c1-8-5-4-6-11(13-8)14-12(17)10-7-16(3)15-9(10)2/h4-7H,1-3H3,(H,13,14,17). The smallest absolute Gasteiger partial charge is 0.260 e. The largest absolute Gasteiger partial charge is 0.306 e. The van der Waals surface area contributed by atoms with Crippen molar-refractivity contribution in [2.24, 2.45) is 7.05 Å². The number of carbonyl (C=O) groups excluding carboxylic acids is 1. The summed E-state index contributed by atoms with van der Waals surface area (Å²) in [6, 6.07) is 5.50. The molecule has 1 amide bonds. The van der Waals surface area contributed by atoms with Gasteiger partial charge in [0, 0.05) is 18.9 Å². The zero-order valence-corrected chi connectivity index (χ0v) is 10.1. The van der Waals surface area contributed by atoms with Crippen molar-refractivity contribution in [2.45, 2.75) is 13.8 Å². The Bertz CT molecular complexity index is 559. The number of hydrogen-bond acceptors (Lipinski definition) is 3. The molecule has 0 aliphatic carbocycles. The number of nitrogens with zero attached hydrogens (tertiary/aromatic N) is 3. The lowest BCUT2D eigenvalue weighted by Crippen LogP contribution is -2.13. The van der Waals surface area contributed by atoms with E-state index in [2.05, 4.69) is 15.4 Å². The third kappa shape index (κ3) is 2.50. The maximum atomic E-state index is 12.0. The zero-order chi connectivity index (χ0) is 12.4. The van der Waals surface area contributed by atoms with E-state index in [4.69, 9.17) is 0 Å². The minimum Gasteiger partial charge on any atom is -0.306 e. The van der Waals surface area contributed by atoms with Gasteiger partial charge in [0.25, 0.3) is 5.91 Å². The SMILES string of the molecule is Cc1cccc(NC(=O)c2cn(C)nc2C)n1. The number of amides is 1. The topological polar surface area (TPSA) is 59.8 Å². The van der Waals surface area contributed by atoms with Gasteiger partial charge in [-0.25, -0.2) is 4.98 Å². The van der Waals surface area contributed by atoms with E-state index in [1.54, 1.807) is 30.9 Å². The highest BCUT2D eigenvalue weighted by molar-refractivity contribution is 6.04. The van der Waals surface area contributed by atoms with Crippen molar-refractivity contribution < 1.29 is 4.79 Å². The number of anilines is 1. The third-order valence-electron chi connectivity index (χ3n) is 2.39. The van der Waals surface area contributed by atoms with Crippen LogP contribution in [0.15, 0.2) is 24.4 Å². The normalized spacial score (nSPS) is 10.3. The molecule has 0 atom stereocenters. The molecule has 88 valence electrons. The van der Waals surface area contributed by atoms with Crippen LogP contribution in [0, 0.1) is 13.8 Å². The summed E-state index contributed by atoms with van der Waals surface area (Å²) in [7, 11) is 1.79. The minimum atomic E-state index is -0.186. The molecule has 0 fully saturated rings. The van der Waals surface area contributed by atoms with E-state index in [9.17, 15) is 4.79 Å². The molecule has 17 heavy (non-hydrogen) atoms. The molecular formula is C12H14N4O. The molecule has 0 saturated carbocycles. The van der Waals surface area contributed by atoms with Crippen molar-refractivity contribution in [1.29, 1.82) is 0 Å². The second-order valence-corrected chi connectivity index (χ2v) is 3.92. The van der Waals surface area contributed by atoms with E-state index in [1.807, 2.05) is 19.1 Å². The molecule has 5 nitrogen and oxygen atoms in total. The Morgan fingerprint density at radius 3 is 2.71 bits per heavy atom. The monoisotopic (exact) mass is 230 g/mol. The van der Waals surface area contributed by atoms with Gasteiger partial charge in [0.15, 0.2) is 0 Å². The molecule has 0 spiro atoms. The molecule has 0 aliphatic rings. The van der Waals surface area contributed by atoms with Gasteiger partial charge in [-0.3, -0.25) is 9.48 Å². The van der Waals surface area contributed by atoms with Gasteiger partial charge in [0.05, 0.1) is 11.3 Å². The molecule has 0 aliphatic heterocycles. The van der Waals surface area contributed by atoms with Crippen molar-refractivity contribution in [2.75, 3.05) is 5.32 Å². The van der Waals surface area contributed by atoms with Crippen LogP contribution in [-0.2, 0) is 7.05 Å². The van der Waals surface area contributed by atoms with Gasteiger partial charge >= 0.3 is 0 Å². The van der Waals surface area contributed by atoms with Crippen molar-refractivity contribution in [3.8, 4) is 0 Å². The average molecular weight is 230 g/mol. The molecule has 0 saturated heterocycles. The highest BCUT2D eigenvalue weighted by Gasteiger charge is 2.12. The fourth-order valence-corrected chi connectivity index (χ4v) is 1.62. The molecule has 2 heterocycles. The van der Waals surface area contributed by atoms with E-state index in [0.29, 0.717) is 17.1 Å². The first kappa shape index (κ1) is 11.3. The molecular weight excluding hydrogens is 216 g/mol. The molecule has 0 unspecified atom stereocenters. The number of carbonyl (C=O) groups is 1. The summed E-state index contributed by atoms with van der Waals surface area (Å²) in [4.78, 5) is 16.2. The molecule has 1 N–H and O–H groups in total. The fraction of sp³-hybridized carbons (Fsp3) is 0.250. The Morgan fingerprint density at radius 1 is 1.35 bits per heavy atom. The highest BCUT2D eigenvalue weighted by Crippen LogP contribution is 2.09. The Morgan fingerprint density at radius 2 is 2.12 bits per heavy atom. The summed E-state index contributed by atoms with van der Waals surface area (Å²) < 4.78 is 1.62. The van der Waals surface area contributed by atoms with Crippen LogP contribution in [-0.4, -0.2) is 20.7 Å². The van der Waals surface area contributed by atoms with Gasteiger partial charge in [-0.1, -0.05) is 6.07 Å². The molecule has 2 rings (SSSR count). The number of hydrogen-bond donors (Lipinski definition) is 1. The fourth-order valence-electron chi connectivity index (χ4n) is 1.62. The first-order valence-corrected chi connectivity index (χ1v) is 5.31. The molecule has 5 heteroatoms. The summed E-state index contributed by atoms with van der Waals surface area (Å²) >= 11 is 0. The number of pyridine rings is 1. The van der Waals surface area contributed by atoms with Gasteiger partial charge < -0.3 is 5.32 Å². The van der Waals surface area contributed by atoms with E-state index in [0.717, 1.165) is 5.69 Å². The van der Waals surface area contributed by atoms with Crippen LogP contribution in [0.2, 0.25) is 0 Å². The minimum absolute atomic E-state index is 0.186. The molecule has 0 radical (unpaired) electrons. The average Bonchev–Trinajstić information content (AvgIpc) is 2.58. The van der Waals surface area contributed by atoms with Crippen molar-refractivity contribution >= 4 is 11.7 Å². The summed E-state index contributed by atoms with van der Waals surface area (Å²) in [5.74, 6) is 0.368. The second kappa shape index (κ2) is 4.37. The third-order valence-corrected chi connectivity index (χ3v) is 2.39. The maximum Gasteiger partial charge on any atom is 0.260 e. The van der Waals surface area contributed by atoms with Crippen LogP contribution in [0.3, 0.4) is 0 Å². The Hall–Kier alpha value is -2.17. The van der Waals surface area contributed by atoms with Crippen LogP contribution in [0.1, 0.15) is 21.7 Å². The highest BCUT2D eigenvalue weighted by atomic mass is 16.1. The Labute approximate surface area is 99.5 Å². The van der Waals surface area contributed by atoms with E-state index < -0.39 is 0 Å². The Balaban J connectivity index is 2.20. The molecule has 0 bridgehead atoms. The van der Waals surface area contributed by atoms with E-state index in [-0.39, 0.29) is 5.91 Å². The van der Waals surface area contributed by atoms with Crippen LogP contribution >= 0.6 is 0 Å². The van der Waals surface area contributed by atoms with Crippen LogP contribution in [0.4, 0.5) is 5.82 Å². The van der Waals surface area contributed by atoms with E-state index in [1.165, 1.54) is 0 Å². The van der Waals surface area contributed by atoms with E-state index >= 15 is 0 Å². The summed E-state index contributed by atoms with van der Waals surface area (Å²) in [5.41, 5.74) is 2.14. The number of rotatable bonds is 2. The van der Waals surface area contributed by atoms with Gasteiger partial charge in [0.2, 0.25) is 0 Å². The predicted molar refractivity (Wildman–Crippen MR) is 64.9 cm³/mol. The zero-order valence-electron chi connectivity index (χ0n) is 10.1. The lowest BCUT2D eigenvalue weighted by molar-refractivity contribution is 0.102. The predicted octanol–water partition coefficient (Wildman–Crippen LogP) is 1.68. The first-order valence-electron chi connectivity index (χ1n) is 5.31. The maximum absolute atomic E-state index is 12.0. The molecule has 2 aromatic rings. The molecule has 2 aromatic heterocycles. The van der Waals surface area contributed by atoms with Gasteiger partial charge in [0.1, 0.15) is 5.82 Å². The summed E-state index contributed by atoms with van der Waals surface area (Å²) in [6.45, 7) is 3.68. The van der Waals surface area contributed by atoms with Gasteiger partial charge in [-0.05, 0) is 26.0 Å². The van der Waals surface area contributed by atoms with Crippen molar-refractivity contribution in [3.63, 3.8) is 0 Å². The number of aryl methyl sites for hydroxylation is 3. The molecule has 0 aromatic carbocycles. The van der Waals surface area contributed by atoms with Crippen LogP contribution in [0.5, 0.6) is 0 Å². The lowest BCUT2D eigenvalue weighted by atomic mass is 10.2. The Kier molecular flexibility index (Phi) is 2.91. The summed E-state index contributed by atoms with van der Waals surface area (Å²) in [5, 5.41) is 6.88. The summed E-state index contributed by atoms with van der Waals surface area (Å²) in [6.07, 6.45) is 1.69. The van der Waals surface area contributed by atoms with Crippen molar-refractivity contribution in [1.82, 2.24) is 14.8 Å². The quantitative estimate of drug-likeness (QED) is 0.854. The van der Waals surface area contributed by atoms with Crippen molar-refractivity contribution in [3.05, 3.63) is 41.3 Å². The van der Waals surface area contributed by atoms with Crippen LogP contribution in [0.25, 0.3) is 0 Å². The van der Waals surface area contributed by atoms with Gasteiger partial charge in [-0.2, -0.15) is 5.10 Å². The second-order valence-electron chi connectivity index (χ2n) is 3.92. The van der Waals surface area contributed by atoms with Gasteiger partial charge in [-0.15, -0.1) is 0 Å². The van der Waals surface area contributed by atoms with Crippen LogP contribution < -0.4 is 5.32 Å². The lowest BCUT2D eigenvalue weighted by Gasteiger charge is -2.03. The number of nitrogens with one attached hydrogen (secondary N) is 1.